The molecule has 3 rings (SSSR count). The van der Waals surface area contributed by atoms with Gasteiger partial charge in [-0.3, -0.25) is 10.1 Å². The van der Waals surface area contributed by atoms with Crippen molar-refractivity contribution in [3.8, 4) is 0 Å². The number of aryl methyl sites for hydroxylation is 1. The molecule has 0 aliphatic rings. The smallest absolute Gasteiger partial charge is 0.338 e. The Bertz CT molecular complexity index is 1230. The molecule has 5 nitrogen and oxygen atoms in total. The van der Waals surface area contributed by atoms with E-state index in [1.807, 2.05) is 6.92 Å². The second-order valence-electron chi connectivity index (χ2n) is 7.31. The molecule has 0 unspecified atom stereocenters. The molecule has 0 aliphatic heterocycles. The summed E-state index contributed by atoms with van der Waals surface area (Å²) >= 11 is 24.2. The summed E-state index contributed by atoms with van der Waals surface area (Å²) < 4.78 is 5.04. The molecule has 9 heteroatoms. The monoisotopic (exact) mass is 534 g/mol. The summed E-state index contributed by atoms with van der Waals surface area (Å²) in [4.78, 5) is 26.6. The van der Waals surface area contributed by atoms with Crippen LogP contribution in [0.15, 0.2) is 60.7 Å². The summed E-state index contributed by atoms with van der Waals surface area (Å²) in [6, 6.07) is 16.9. The van der Waals surface area contributed by atoms with E-state index in [0.717, 1.165) is 11.1 Å². The minimum atomic E-state index is -0.423. The van der Waals surface area contributed by atoms with E-state index in [-0.39, 0.29) is 18.3 Å². The first-order chi connectivity index (χ1) is 16.2. The molecule has 1 N–H and O–H groups in total. The van der Waals surface area contributed by atoms with Crippen LogP contribution in [-0.2, 0) is 11.3 Å². The number of rotatable bonds is 6. The highest BCUT2D eigenvalue weighted by Crippen LogP contribution is 2.26. The number of carbonyl (C=O) groups is 2. The van der Waals surface area contributed by atoms with Crippen LogP contribution in [0.1, 0.15) is 38.8 Å². The lowest BCUT2D eigenvalue weighted by molar-refractivity contribution is 0.0526. The number of amides is 1. The number of nitrogens with one attached hydrogen (secondary N) is 1. The van der Waals surface area contributed by atoms with Gasteiger partial charge in [-0.05, 0) is 85.7 Å². The zero-order valence-corrected chi connectivity index (χ0v) is 21.5. The van der Waals surface area contributed by atoms with Gasteiger partial charge in [-0.15, -0.1) is 0 Å². The van der Waals surface area contributed by atoms with E-state index >= 15 is 0 Å². The Morgan fingerprint density at radius 1 is 0.941 bits per heavy atom. The van der Waals surface area contributed by atoms with Gasteiger partial charge in [0, 0.05) is 26.3 Å². The number of hydrogen-bond acceptors (Lipinski definition) is 4. The van der Waals surface area contributed by atoms with Crippen LogP contribution >= 0.6 is 47.0 Å². The van der Waals surface area contributed by atoms with Crippen molar-refractivity contribution in [3.63, 3.8) is 0 Å². The number of esters is 1. The van der Waals surface area contributed by atoms with Gasteiger partial charge in [-0.2, -0.15) is 0 Å². The van der Waals surface area contributed by atoms with Crippen molar-refractivity contribution in [1.29, 1.82) is 0 Å². The number of nitrogens with zero attached hydrogens (tertiary/aromatic N) is 1. The van der Waals surface area contributed by atoms with Crippen LogP contribution in [0, 0.1) is 6.92 Å². The number of ether oxygens (including phenoxy) is 1. The van der Waals surface area contributed by atoms with E-state index in [4.69, 9.17) is 51.8 Å². The zero-order valence-electron chi connectivity index (χ0n) is 18.4. The minimum Gasteiger partial charge on any atom is -0.462 e. The summed E-state index contributed by atoms with van der Waals surface area (Å²) in [6.45, 7) is 4.13. The first kappa shape index (κ1) is 26.0. The Kier molecular flexibility index (Phi) is 8.91. The van der Waals surface area contributed by atoms with E-state index in [1.54, 1.807) is 72.5 Å². The standard InChI is InChI=1S/C25H21Cl3N2O3S/c1-3-33-24(32)16-7-10-20(11-8-16)30(14-18-6-9-19(26)13-22(18)28)25(34)29-23(31)17-5-4-15(2)21(27)12-17/h4-13H,3,14H2,1-2H3,(H,29,31,34). The van der Waals surface area contributed by atoms with Gasteiger partial charge >= 0.3 is 5.97 Å². The molecule has 0 spiro atoms. The molecule has 0 aliphatic carbocycles. The van der Waals surface area contributed by atoms with E-state index < -0.39 is 11.9 Å². The van der Waals surface area contributed by atoms with E-state index in [1.165, 1.54) is 0 Å². The molecular formula is C25H21Cl3N2O3S. The lowest BCUT2D eigenvalue weighted by Gasteiger charge is -2.26. The third-order valence-corrected chi connectivity index (χ3v) is 6.25. The van der Waals surface area contributed by atoms with E-state index in [9.17, 15) is 9.59 Å². The van der Waals surface area contributed by atoms with Gasteiger partial charge in [-0.25, -0.2) is 4.79 Å². The van der Waals surface area contributed by atoms with Gasteiger partial charge in [-0.1, -0.05) is 46.9 Å². The van der Waals surface area contributed by atoms with Gasteiger partial charge in [0.2, 0.25) is 0 Å². The van der Waals surface area contributed by atoms with Crippen LogP contribution in [0.5, 0.6) is 0 Å². The lowest BCUT2D eigenvalue weighted by Crippen LogP contribution is -2.42. The SMILES string of the molecule is CCOC(=O)c1ccc(N(Cc2ccc(Cl)cc2Cl)C(=S)NC(=O)c2ccc(C)c(Cl)c2)cc1. The van der Waals surface area contributed by atoms with Crippen molar-refractivity contribution in [2.75, 3.05) is 11.5 Å². The number of halogens is 3. The average molecular weight is 536 g/mol. The number of hydrogen-bond donors (Lipinski definition) is 1. The third-order valence-electron chi connectivity index (χ3n) is 4.93. The maximum atomic E-state index is 12.8. The number of anilines is 1. The van der Waals surface area contributed by atoms with Crippen molar-refractivity contribution in [2.45, 2.75) is 20.4 Å². The normalized spacial score (nSPS) is 10.5. The Morgan fingerprint density at radius 2 is 1.62 bits per heavy atom. The van der Waals surface area contributed by atoms with Crippen LogP contribution in [0.2, 0.25) is 15.1 Å². The molecule has 0 radical (unpaired) electrons. The number of benzene rings is 3. The van der Waals surface area contributed by atoms with Gasteiger partial charge in [0.05, 0.1) is 18.7 Å². The van der Waals surface area contributed by atoms with Crippen molar-refractivity contribution >= 4 is 69.7 Å². The third kappa shape index (κ3) is 6.48. The van der Waals surface area contributed by atoms with Crippen molar-refractivity contribution in [2.24, 2.45) is 0 Å². The molecule has 0 fully saturated rings. The quantitative estimate of drug-likeness (QED) is 0.276. The fraction of sp³-hybridized carbons (Fsp3) is 0.160. The molecule has 3 aromatic rings. The predicted molar refractivity (Wildman–Crippen MR) is 141 cm³/mol. The second-order valence-corrected chi connectivity index (χ2v) is 8.95. The highest BCUT2D eigenvalue weighted by molar-refractivity contribution is 7.80. The molecule has 0 saturated carbocycles. The molecule has 0 heterocycles. The van der Waals surface area contributed by atoms with Crippen LogP contribution in [0.25, 0.3) is 0 Å². The maximum absolute atomic E-state index is 12.8. The molecule has 176 valence electrons. The predicted octanol–water partition coefficient (Wildman–Crippen LogP) is 6.85. The molecule has 1 amide bonds. The van der Waals surface area contributed by atoms with Crippen molar-refractivity contribution < 1.29 is 14.3 Å². The summed E-state index contributed by atoms with van der Waals surface area (Å²) in [6.07, 6.45) is 0. The highest BCUT2D eigenvalue weighted by Gasteiger charge is 2.19. The van der Waals surface area contributed by atoms with E-state index in [2.05, 4.69) is 5.32 Å². The van der Waals surface area contributed by atoms with Crippen LogP contribution in [-0.4, -0.2) is 23.6 Å². The summed E-state index contributed by atoms with van der Waals surface area (Å²) in [5.74, 6) is -0.823. The molecule has 34 heavy (non-hydrogen) atoms. The summed E-state index contributed by atoms with van der Waals surface area (Å²) in [5.41, 5.74) is 3.03. The first-order valence-corrected chi connectivity index (χ1v) is 11.8. The topological polar surface area (TPSA) is 58.6 Å². The van der Waals surface area contributed by atoms with Crippen molar-refractivity contribution in [3.05, 3.63) is 98.0 Å². The Labute approximate surface area is 218 Å². The summed E-state index contributed by atoms with van der Waals surface area (Å²) in [5, 5.41) is 4.35. The zero-order chi connectivity index (χ0) is 24.8. The largest absolute Gasteiger partial charge is 0.462 e. The minimum absolute atomic E-state index is 0.150. The van der Waals surface area contributed by atoms with E-state index in [0.29, 0.717) is 31.9 Å². The Balaban J connectivity index is 1.90. The second kappa shape index (κ2) is 11.7. The van der Waals surface area contributed by atoms with Crippen molar-refractivity contribution in [1.82, 2.24) is 5.32 Å². The molecule has 0 saturated heterocycles. The average Bonchev–Trinajstić information content (AvgIpc) is 2.80. The van der Waals surface area contributed by atoms with Crippen LogP contribution < -0.4 is 10.2 Å². The molecule has 3 aromatic carbocycles. The molecule has 0 atom stereocenters. The fourth-order valence-electron chi connectivity index (χ4n) is 3.06. The van der Waals surface area contributed by atoms with Gasteiger partial charge in [0.25, 0.3) is 5.91 Å². The summed E-state index contributed by atoms with van der Waals surface area (Å²) in [7, 11) is 0. The molecule has 0 aromatic heterocycles. The molecular weight excluding hydrogens is 515 g/mol. The van der Waals surface area contributed by atoms with Crippen LogP contribution in [0.4, 0.5) is 5.69 Å². The number of thiocarbonyl (C=S) groups is 1. The Morgan fingerprint density at radius 3 is 2.24 bits per heavy atom. The Hall–Kier alpha value is -2.64. The van der Waals surface area contributed by atoms with Gasteiger partial charge < -0.3 is 9.64 Å². The van der Waals surface area contributed by atoms with Gasteiger partial charge in [0.15, 0.2) is 5.11 Å². The lowest BCUT2D eigenvalue weighted by atomic mass is 10.1. The highest BCUT2D eigenvalue weighted by atomic mass is 35.5. The molecule has 0 bridgehead atoms. The van der Waals surface area contributed by atoms with Gasteiger partial charge in [0.1, 0.15) is 0 Å². The maximum Gasteiger partial charge on any atom is 0.338 e. The number of carbonyl (C=O) groups excluding carboxylic acids is 2. The van der Waals surface area contributed by atoms with Crippen LogP contribution in [0.3, 0.4) is 0 Å². The first-order valence-electron chi connectivity index (χ1n) is 10.3. The fourth-order valence-corrected chi connectivity index (χ4v) is 3.97.